The second-order valence-electron chi connectivity index (χ2n) is 7.37. The number of Topliss-reactive ketones (excluding diaryl/α,β-unsaturated/α-hetero) is 1. The Kier molecular flexibility index (Phi) is 6.27. The van der Waals surface area contributed by atoms with Crippen LogP contribution in [-0.4, -0.2) is 58.7 Å². The van der Waals surface area contributed by atoms with E-state index in [0.29, 0.717) is 24.1 Å². The predicted molar refractivity (Wildman–Crippen MR) is 112 cm³/mol. The number of aliphatic hydroxyl groups excluding tert-OH is 1. The van der Waals surface area contributed by atoms with Gasteiger partial charge in [-0.1, -0.05) is 42.5 Å². The Hall–Kier alpha value is -3.52. The quantitative estimate of drug-likeness (QED) is 0.248. The molecule has 3 rings (SSSR count). The van der Waals surface area contributed by atoms with Gasteiger partial charge in [0.2, 0.25) is 0 Å². The molecule has 0 aromatic heterocycles. The van der Waals surface area contributed by atoms with Gasteiger partial charge in [0.25, 0.3) is 17.4 Å². The molecule has 0 aliphatic carbocycles. The summed E-state index contributed by atoms with van der Waals surface area (Å²) in [6.45, 7) is 0.977. The maximum atomic E-state index is 12.9. The number of nitro groups is 1. The van der Waals surface area contributed by atoms with Crippen LogP contribution in [-0.2, 0) is 9.59 Å². The number of carbonyl (C=O) groups is 2. The highest BCUT2D eigenvalue weighted by molar-refractivity contribution is 6.46. The van der Waals surface area contributed by atoms with Crippen LogP contribution in [0, 0.1) is 10.1 Å². The summed E-state index contributed by atoms with van der Waals surface area (Å²) in [7, 11) is 3.81. The number of nitro benzene ring substituents is 1. The van der Waals surface area contributed by atoms with E-state index in [-0.39, 0.29) is 23.6 Å². The lowest BCUT2D eigenvalue weighted by atomic mass is 9.95. The summed E-state index contributed by atoms with van der Waals surface area (Å²) >= 11 is 0. The van der Waals surface area contributed by atoms with E-state index in [1.54, 1.807) is 36.4 Å². The van der Waals surface area contributed by atoms with Crippen LogP contribution in [0.2, 0.25) is 0 Å². The molecule has 0 spiro atoms. The zero-order valence-corrected chi connectivity index (χ0v) is 16.8. The SMILES string of the molecule is CN(C)CCCN1C(=O)C(=O)/C(=C(/O)c2ccccc2)C1c1cccc([N+](=O)[O-])c1. The van der Waals surface area contributed by atoms with Crippen molar-refractivity contribution in [3.8, 4) is 0 Å². The van der Waals surface area contributed by atoms with Gasteiger partial charge in [0.15, 0.2) is 0 Å². The van der Waals surface area contributed by atoms with Gasteiger partial charge in [-0.3, -0.25) is 19.7 Å². The summed E-state index contributed by atoms with van der Waals surface area (Å²) < 4.78 is 0. The Morgan fingerprint density at radius 2 is 1.83 bits per heavy atom. The van der Waals surface area contributed by atoms with Gasteiger partial charge in [-0.15, -0.1) is 0 Å². The minimum atomic E-state index is -0.896. The highest BCUT2D eigenvalue weighted by Crippen LogP contribution is 2.40. The minimum absolute atomic E-state index is 0.0587. The normalized spacial score (nSPS) is 18.2. The average Bonchev–Trinajstić information content (AvgIpc) is 2.98. The number of hydrogen-bond acceptors (Lipinski definition) is 6. The molecule has 2 aromatic carbocycles. The standard InChI is InChI=1S/C22H23N3O5/c1-23(2)12-7-13-24-19(16-10-6-11-17(14-16)25(29)30)18(21(27)22(24)28)20(26)15-8-4-3-5-9-15/h3-6,8-11,14,19,26H,7,12-13H2,1-2H3/b20-18+. The third-order valence-electron chi connectivity index (χ3n) is 4.99. The van der Waals surface area contributed by atoms with Gasteiger partial charge in [0.05, 0.1) is 16.5 Å². The fraction of sp³-hybridized carbons (Fsp3) is 0.273. The van der Waals surface area contributed by atoms with E-state index in [1.807, 2.05) is 19.0 Å². The maximum absolute atomic E-state index is 12.9. The number of amides is 1. The van der Waals surface area contributed by atoms with Crippen LogP contribution in [0.3, 0.4) is 0 Å². The van der Waals surface area contributed by atoms with Gasteiger partial charge in [0, 0.05) is 24.2 Å². The molecule has 8 nitrogen and oxygen atoms in total. The van der Waals surface area contributed by atoms with E-state index >= 15 is 0 Å². The lowest BCUT2D eigenvalue weighted by Gasteiger charge is -2.25. The lowest BCUT2D eigenvalue weighted by Crippen LogP contribution is -2.32. The molecule has 1 aliphatic rings. The van der Waals surface area contributed by atoms with E-state index in [0.717, 1.165) is 0 Å². The molecule has 1 unspecified atom stereocenters. The van der Waals surface area contributed by atoms with Crippen molar-refractivity contribution in [3.05, 3.63) is 81.4 Å². The molecule has 1 atom stereocenters. The van der Waals surface area contributed by atoms with Crippen molar-refractivity contribution in [1.82, 2.24) is 9.80 Å². The first-order chi connectivity index (χ1) is 14.3. The van der Waals surface area contributed by atoms with Gasteiger partial charge in [0.1, 0.15) is 5.76 Å². The first kappa shape index (κ1) is 21.2. The molecular formula is C22H23N3O5. The Labute approximate surface area is 174 Å². The van der Waals surface area contributed by atoms with Crippen LogP contribution in [0.1, 0.15) is 23.6 Å². The molecular weight excluding hydrogens is 386 g/mol. The number of nitrogens with zero attached hydrogens (tertiary/aromatic N) is 3. The summed E-state index contributed by atoms with van der Waals surface area (Å²) in [5.74, 6) is -1.80. The molecule has 2 aromatic rings. The molecule has 1 amide bonds. The second-order valence-corrected chi connectivity index (χ2v) is 7.37. The van der Waals surface area contributed by atoms with E-state index in [4.69, 9.17) is 0 Å². The summed E-state index contributed by atoms with van der Waals surface area (Å²) in [6.07, 6.45) is 0.608. The Balaban J connectivity index is 2.12. The first-order valence-corrected chi connectivity index (χ1v) is 9.54. The third kappa shape index (κ3) is 4.23. The fourth-order valence-electron chi connectivity index (χ4n) is 3.57. The number of aliphatic hydroxyl groups is 1. The van der Waals surface area contributed by atoms with Crippen LogP contribution in [0.25, 0.3) is 5.76 Å². The maximum Gasteiger partial charge on any atom is 0.295 e. The number of non-ortho nitro benzene ring substituents is 1. The molecule has 8 heteroatoms. The van der Waals surface area contributed by atoms with Gasteiger partial charge >= 0.3 is 0 Å². The zero-order valence-electron chi connectivity index (χ0n) is 16.8. The Bertz CT molecular complexity index is 1000. The van der Waals surface area contributed by atoms with E-state index in [2.05, 4.69) is 0 Å². The third-order valence-corrected chi connectivity index (χ3v) is 4.99. The Morgan fingerprint density at radius 1 is 1.13 bits per heavy atom. The monoisotopic (exact) mass is 409 g/mol. The van der Waals surface area contributed by atoms with Crippen molar-refractivity contribution in [2.24, 2.45) is 0 Å². The van der Waals surface area contributed by atoms with Crippen LogP contribution in [0.5, 0.6) is 0 Å². The van der Waals surface area contributed by atoms with Gasteiger partial charge in [-0.25, -0.2) is 0 Å². The van der Waals surface area contributed by atoms with Crippen molar-refractivity contribution < 1.29 is 19.6 Å². The molecule has 0 saturated carbocycles. The van der Waals surface area contributed by atoms with Crippen LogP contribution in [0.15, 0.2) is 60.2 Å². The molecule has 1 aliphatic heterocycles. The van der Waals surface area contributed by atoms with Crippen molar-refractivity contribution in [3.63, 3.8) is 0 Å². The van der Waals surface area contributed by atoms with E-state index in [1.165, 1.54) is 23.1 Å². The van der Waals surface area contributed by atoms with Crippen molar-refractivity contribution in [1.29, 1.82) is 0 Å². The highest BCUT2D eigenvalue weighted by atomic mass is 16.6. The highest BCUT2D eigenvalue weighted by Gasteiger charge is 2.46. The second kappa shape index (κ2) is 8.87. The van der Waals surface area contributed by atoms with Crippen molar-refractivity contribution >= 4 is 23.1 Å². The predicted octanol–water partition coefficient (Wildman–Crippen LogP) is 2.97. The number of likely N-dealkylation sites (tertiary alicyclic amines) is 1. The summed E-state index contributed by atoms with van der Waals surface area (Å²) in [6, 6.07) is 13.4. The summed E-state index contributed by atoms with van der Waals surface area (Å²) in [4.78, 5) is 39.8. The summed E-state index contributed by atoms with van der Waals surface area (Å²) in [5, 5.41) is 22.1. The van der Waals surface area contributed by atoms with Gasteiger partial charge in [-0.2, -0.15) is 0 Å². The average molecular weight is 409 g/mol. The van der Waals surface area contributed by atoms with Crippen molar-refractivity contribution in [2.45, 2.75) is 12.5 Å². The number of ketones is 1. The fourth-order valence-corrected chi connectivity index (χ4v) is 3.57. The van der Waals surface area contributed by atoms with Crippen LogP contribution < -0.4 is 0 Å². The van der Waals surface area contributed by atoms with Gasteiger partial charge in [-0.05, 0) is 32.6 Å². The zero-order chi connectivity index (χ0) is 21.8. The minimum Gasteiger partial charge on any atom is -0.507 e. The number of rotatable bonds is 7. The molecule has 1 N–H and O–H groups in total. The molecule has 1 fully saturated rings. The molecule has 30 heavy (non-hydrogen) atoms. The van der Waals surface area contributed by atoms with E-state index in [9.17, 15) is 24.8 Å². The number of carbonyl (C=O) groups excluding carboxylic acids is 2. The first-order valence-electron chi connectivity index (χ1n) is 9.54. The lowest BCUT2D eigenvalue weighted by molar-refractivity contribution is -0.384. The number of benzene rings is 2. The topological polar surface area (TPSA) is 104 Å². The Morgan fingerprint density at radius 3 is 2.47 bits per heavy atom. The number of hydrogen-bond donors (Lipinski definition) is 1. The van der Waals surface area contributed by atoms with Crippen LogP contribution in [0.4, 0.5) is 5.69 Å². The molecule has 0 radical (unpaired) electrons. The molecule has 0 bridgehead atoms. The molecule has 156 valence electrons. The largest absolute Gasteiger partial charge is 0.507 e. The van der Waals surface area contributed by atoms with E-state index < -0.39 is 22.7 Å². The smallest absolute Gasteiger partial charge is 0.295 e. The van der Waals surface area contributed by atoms with Gasteiger partial charge < -0.3 is 14.9 Å². The summed E-state index contributed by atoms with van der Waals surface area (Å²) in [5.41, 5.74) is 0.604. The molecule has 1 saturated heterocycles. The van der Waals surface area contributed by atoms with Crippen molar-refractivity contribution in [2.75, 3.05) is 27.2 Å². The molecule has 1 heterocycles. The van der Waals surface area contributed by atoms with Crippen LogP contribution >= 0.6 is 0 Å².